The van der Waals surface area contributed by atoms with Crippen LogP contribution in [0, 0.1) is 0 Å². The number of halogens is 1. The van der Waals surface area contributed by atoms with E-state index in [2.05, 4.69) is 4.98 Å². The molecule has 0 aliphatic carbocycles. The third-order valence-corrected chi connectivity index (χ3v) is 5.03. The van der Waals surface area contributed by atoms with Crippen molar-refractivity contribution in [3.8, 4) is 5.88 Å². The highest BCUT2D eigenvalue weighted by molar-refractivity contribution is 7.89. The minimum Gasteiger partial charge on any atom is -0.478 e. The van der Waals surface area contributed by atoms with Crippen LogP contribution in [-0.2, 0) is 10.0 Å². The molecule has 0 aromatic carbocycles. The van der Waals surface area contributed by atoms with Crippen LogP contribution in [0.5, 0.6) is 5.88 Å². The number of nitrogens with zero attached hydrogens (tertiary/aromatic N) is 2. The quantitative estimate of drug-likeness (QED) is 0.860. The van der Waals surface area contributed by atoms with Crippen LogP contribution < -0.4 is 4.74 Å². The van der Waals surface area contributed by atoms with E-state index in [1.165, 1.54) is 18.3 Å². The predicted molar refractivity (Wildman–Crippen MR) is 69.7 cm³/mol. The molecule has 0 unspecified atom stereocenters. The highest BCUT2D eigenvalue weighted by Crippen LogP contribution is 2.27. The Labute approximate surface area is 117 Å². The Morgan fingerprint density at radius 2 is 2.30 bits per heavy atom. The second-order valence-corrected chi connectivity index (χ2v) is 6.40. The van der Waals surface area contributed by atoms with Gasteiger partial charge in [0.1, 0.15) is 11.1 Å². The summed E-state index contributed by atoms with van der Waals surface area (Å²) in [6.07, 6.45) is -0.0573. The summed E-state index contributed by atoms with van der Waals surface area (Å²) in [6.45, 7) is 1.59. The Kier molecular flexibility index (Phi) is 4.56. The highest BCUT2D eigenvalue weighted by Gasteiger charge is 2.40. The van der Waals surface area contributed by atoms with Crippen molar-refractivity contribution >= 4 is 10.0 Å². The summed E-state index contributed by atoms with van der Waals surface area (Å²) >= 11 is 0. The lowest BCUT2D eigenvalue weighted by molar-refractivity contribution is 0.213. The van der Waals surface area contributed by atoms with Gasteiger partial charge in [0, 0.05) is 12.6 Å². The van der Waals surface area contributed by atoms with E-state index in [0.29, 0.717) is 12.5 Å². The number of hydrogen-bond donors (Lipinski definition) is 1. The SMILES string of the molecule is CCOc1ccc(S(=O)(=O)N2C[C@@H](F)C[C@H]2CO)cn1. The van der Waals surface area contributed by atoms with E-state index in [4.69, 9.17) is 4.74 Å². The minimum absolute atomic E-state index is 0.0141. The maximum atomic E-state index is 13.4. The number of hydrogen-bond acceptors (Lipinski definition) is 5. The third kappa shape index (κ3) is 2.92. The van der Waals surface area contributed by atoms with Crippen molar-refractivity contribution in [2.75, 3.05) is 19.8 Å². The molecule has 2 atom stereocenters. The van der Waals surface area contributed by atoms with Gasteiger partial charge in [-0.1, -0.05) is 0 Å². The van der Waals surface area contributed by atoms with E-state index < -0.39 is 28.8 Å². The normalized spacial score (nSPS) is 23.9. The van der Waals surface area contributed by atoms with E-state index >= 15 is 0 Å². The Morgan fingerprint density at radius 3 is 2.85 bits per heavy atom. The van der Waals surface area contributed by atoms with Crippen molar-refractivity contribution in [1.29, 1.82) is 0 Å². The average Bonchev–Trinajstić information content (AvgIpc) is 2.82. The molecule has 2 heterocycles. The lowest BCUT2D eigenvalue weighted by Gasteiger charge is -2.21. The Hall–Kier alpha value is -1.25. The Balaban J connectivity index is 2.25. The van der Waals surface area contributed by atoms with E-state index in [0.717, 1.165) is 4.31 Å². The van der Waals surface area contributed by atoms with Gasteiger partial charge in [0.25, 0.3) is 0 Å². The molecule has 0 bridgehead atoms. The topological polar surface area (TPSA) is 79.7 Å². The van der Waals surface area contributed by atoms with Gasteiger partial charge in [-0.3, -0.25) is 0 Å². The van der Waals surface area contributed by atoms with Crippen LogP contribution in [0.25, 0.3) is 0 Å². The molecule has 20 heavy (non-hydrogen) atoms. The molecule has 1 fully saturated rings. The van der Waals surface area contributed by atoms with Gasteiger partial charge in [-0.05, 0) is 19.4 Å². The first-order valence-electron chi connectivity index (χ1n) is 6.34. The molecule has 1 aliphatic heterocycles. The van der Waals surface area contributed by atoms with Crippen molar-refractivity contribution < 1.29 is 22.7 Å². The summed E-state index contributed by atoms with van der Waals surface area (Å²) in [5.41, 5.74) is 0. The van der Waals surface area contributed by atoms with Gasteiger partial charge in [0.05, 0.1) is 25.5 Å². The zero-order valence-corrected chi connectivity index (χ0v) is 11.9. The molecule has 1 aliphatic rings. The van der Waals surface area contributed by atoms with Crippen LogP contribution in [0.1, 0.15) is 13.3 Å². The molecule has 1 N–H and O–H groups in total. The van der Waals surface area contributed by atoms with Gasteiger partial charge < -0.3 is 9.84 Å². The first-order valence-corrected chi connectivity index (χ1v) is 7.78. The minimum atomic E-state index is -3.85. The number of aliphatic hydroxyl groups is 1. The smallest absolute Gasteiger partial charge is 0.245 e. The molecule has 0 saturated carbocycles. The number of sulfonamides is 1. The standard InChI is InChI=1S/C12H17FN2O4S/c1-2-19-12-4-3-11(6-14-12)20(17,18)15-7-9(13)5-10(15)8-16/h3-4,6,9-10,16H,2,5,7-8H2,1H3/t9-,10-/m0/s1. The Morgan fingerprint density at radius 1 is 1.55 bits per heavy atom. The summed E-state index contributed by atoms with van der Waals surface area (Å²) in [4.78, 5) is 3.86. The monoisotopic (exact) mass is 304 g/mol. The molecule has 112 valence electrons. The molecule has 0 amide bonds. The number of pyridine rings is 1. The first-order chi connectivity index (χ1) is 9.48. The van der Waals surface area contributed by atoms with Crippen LogP contribution in [0.3, 0.4) is 0 Å². The van der Waals surface area contributed by atoms with E-state index in [9.17, 15) is 17.9 Å². The number of aromatic nitrogens is 1. The van der Waals surface area contributed by atoms with Crippen LogP contribution in [0.15, 0.2) is 23.2 Å². The van der Waals surface area contributed by atoms with E-state index in [-0.39, 0.29) is 17.9 Å². The fraction of sp³-hybridized carbons (Fsp3) is 0.583. The van der Waals surface area contributed by atoms with E-state index in [1.807, 2.05) is 0 Å². The van der Waals surface area contributed by atoms with Crippen molar-refractivity contribution in [2.45, 2.75) is 30.5 Å². The Bertz CT molecular complexity index is 549. The summed E-state index contributed by atoms with van der Waals surface area (Å²) in [7, 11) is -3.85. The molecular formula is C12H17FN2O4S. The molecule has 8 heteroatoms. The zero-order valence-electron chi connectivity index (χ0n) is 11.1. The second kappa shape index (κ2) is 6.02. The van der Waals surface area contributed by atoms with Crippen LogP contribution in [-0.4, -0.2) is 54.8 Å². The van der Waals surface area contributed by atoms with Gasteiger partial charge >= 0.3 is 0 Å². The summed E-state index contributed by atoms with van der Waals surface area (Å²) in [5.74, 6) is 0.329. The molecule has 1 saturated heterocycles. The predicted octanol–water partition coefficient (Wildman–Crippen LogP) is 0.574. The largest absolute Gasteiger partial charge is 0.478 e. The van der Waals surface area contributed by atoms with Crippen molar-refractivity contribution in [3.63, 3.8) is 0 Å². The van der Waals surface area contributed by atoms with E-state index in [1.54, 1.807) is 6.92 Å². The summed E-state index contributed by atoms with van der Waals surface area (Å²) < 4.78 is 44.3. The zero-order chi connectivity index (χ0) is 14.8. The van der Waals surface area contributed by atoms with Gasteiger partial charge in [0.15, 0.2) is 0 Å². The molecular weight excluding hydrogens is 287 g/mol. The average molecular weight is 304 g/mol. The fourth-order valence-electron chi connectivity index (χ4n) is 2.18. The number of aliphatic hydroxyl groups excluding tert-OH is 1. The summed E-state index contributed by atoms with van der Waals surface area (Å²) in [6, 6.07) is 2.10. The number of ether oxygens (including phenoxy) is 1. The molecule has 2 rings (SSSR count). The maximum absolute atomic E-state index is 13.4. The number of alkyl halides is 1. The molecule has 6 nitrogen and oxygen atoms in total. The van der Waals surface area contributed by atoms with Crippen molar-refractivity contribution in [3.05, 3.63) is 18.3 Å². The van der Waals surface area contributed by atoms with Gasteiger partial charge in [-0.15, -0.1) is 0 Å². The fourth-order valence-corrected chi connectivity index (χ4v) is 3.78. The molecule has 1 aromatic rings. The molecule has 1 aromatic heterocycles. The van der Waals surface area contributed by atoms with Crippen LogP contribution in [0.4, 0.5) is 4.39 Å². The lowest BCUT2D eigenvalue weighted by Crippen LogP contribution is -2.37. The second-order valence-electron chi connectivity index (χ2n) is 4.51. The summed E-state index contributed by atoms with van der Waals surface area (Å²) in [5, 5.41) is 9.17. The lowest BCUT2D eigenvalue weighted by atomic mass is 10.2. The van der Waals surface area contributed by atoms with Crippen LogP contribution in [0.2, 0.25) is 0 Å². The van der Waals surface area contributed by atoms with Crippen molar-refractivity contribution in [2.24, 2.45) is 0 Å². The molecule has 0 radical (unpaired) electrons. The van der Waals surface area contributed by atoms with Gasteiger partial charge in [-0.2, -0.15) is 4.31 Å². The van der Waals surface area contributed by atoms with Crippen molar-refractivity contribution in [1.82, 2.24) is 9.29 Å². The number of rotatable bonds is 5. The van der Waals surface area contributed by atoms with Gasteiger partial charge in [-0.25, -0.2) is 17.8 Å². The third-order valence-electron chi connectivity index (χ3n) is 3.13. The maximum Gasteiger partial charge on any atom is 0.245 e. The highest BCUT2D eigenvalue weighted by atomic mass is 32.2. The molecule has 0 spiro atoms. The first kappa shape index (κ1) is 15.1. The van der Waals surface area contributed by atoms with Crippen LogP contribution >= 0.6 is 0 Å². The van der Waals surface area contributed by atoms with Gasteiger partial charge in [0.2, 0.25) is 15.9 Å².